The lowest BCUT2D eigenvalue weighted by Gasteiger charge is -2.20. The molecule has 0 bridgehead atoms. The highest BCUT2D eigenvalue weighted by molar-refractivity contribution is 5.99. The first-order valence-corrected chi connectivity index (χ1v) is 5.14. The van der Waals surface area contributed by atoms with E-state index in [9.17, 15) is 4.79 Å². The van der Waals surface area contributed by atoms with E-state index in [1.54, 1.807) is 0 Å². The maximum absolute atomic E-state index is 12.0. The van der Waals surface area contributed by atoms with Gasteiger partial charge in [0.25, 0.3) is 0 Å². The second-order valence-electron chi connectivity index (χ2n) is 3.81. The zero-order valence-corrected chi connectivity index (χ0v) is 8.77. The van der Waals surface area contributed by atoms with Gasteiger partial charge in [-0.3, -0.25) is 4.79 Å². The Labute approximate surface area is 89.6 Å². The third-order valence-electron chi connectivity index (χ3n) is 2.59. The Morgan fingerprint density at radius 3 is 2.73 bits per heavy atom. The first-order chi connectivity index (χ1) is 7.27. The summed E-state index contributed by atoms with van der Waals surface area (Å²) >= 11 is 0. The monoisotopic (exact) mass is 202 g/mol. The van der Waals surface area contributed by atoms with Crippen molar-refractivity contribution in [3.8, 4) is 0 Å². The highest BCUT2D eigenvalue weighted by Gasteiger charge is 2.22. The molecule has 0 radical (unpaired) electrons. The predicted octanol–water partition coefficient (Wildman–Crippen LogP) is 2.60. The van der Waals surface area contributed by atoms with Crippen molar-refractivity contribution in [2.75, 3.05) is 6.61 Å². The number of rotatable bonds is 2. The number of benzene rings is 1. The molecular weight excluding hydrogens is 188 g/mol. The van der Waals surface area contributed by atoms with Crippen molar-refractivity contribution in [2.45, 2.75) is 19.4 Å². The molecule has 1 atom stereocenters. The molecule has 2 nitrogen and oxygen atoms in total. The lowest BCUT2D eigenvalue weighted by molar-refractivity contribution is 0.0463. The third kappa shape index (κ3) is 2.34. The van der Waals surface area contributed by atoms with Gasteiger partial charge in [-0.25, -0.2) is 0 Å². The molecule has 0 fully saturated rings. The van der Waals surface area contributed by atoms with E-state index in [2.05, 4.69) is 0 Å². The Kier molecular flexibility index (Phi) is 2.97. The molecule has 1 aliphatic rings. The fourth-order valence-electron chi connectivity index (χ4n) is 1.70. The summed E-state index contributed by atoms with van der Waals surface area (Å²) in [6.07, 6.45) is 2.44. The van der Waals surface area contributed by atoms with Gasteiger partial charge >= 0.3 is 0 Å². The lowest BCUT2D eigenvalue weighted by Crippen LogP contribution is -2.27. The SMILES string of the molecule is CC1=CCOC(C(=O)c2ccccc2)C1. The van der Waals surface area contributed by atoms with Gasteiger partial charge in [-0.2, -0.15) is 0 Å². The molecule has 1 aliphatic heterocycles. The van der Waals surface area contributed by atoms with Crippen LogP contribution in [0, 0.1) is 0 Å². The van der Waals surface area contributed by atoms with Crippen LogP contribution in [0.3, 0.4) is 0 Å². The Bertz CT molecular complexity index is 379. The van der Waals surface area contributed by atoms with E-state index in [-0.39, 0.29) is 11.9 Å². The van der Waals surface area contributed by atoms with Crippen molar-refractivity contribution in [3.05, 3.63) is 47.5 Å². The molecule has 15 heavy (non-hydrogen) atoms. The average Bonchev–Trinajstić information content (AvgIpc) is 2.29. The summed E-state index contributed by atoms with van der Waals surface area (Å²) in [6.45, 7) is 2.59. The summed E-state index contributed by atoms with van der Waals surface area (Å²) in [7, 11) is 0. The molecule has 0 amide bonds. The topological polar surface area (TPSA) is 26.3 Å². The number of ether oxygens (including phenoxy) is 1. The molecule has 1 aromatic rings. The fourth-order valence-corrected chi connectivity index (χ4v) is 1.70. The first-order valence-electron chi connectivity index (χ1n) is 5.14. The summed E-state index contributed by atoms with van der Waals surface area (Å²) in [5.74, 6) is 0.0862. The van der Waals surface area contributed by atoms with Crippen LogP contribution in [0.15, 0.2) is 42.0 Å². The summed E-state index contributed by atoms with van der Waals surface area (Å²) in [6, 6.07) is 9.32. The summed E-state index contributed by atoms with van der Waals surface area (Å²) < 4.78 is 5.44. The molecule has 0 spiro atoms. The van der Waals surface area contributed by atoms with Crippen molar-refractivity contribution in [3.63, 3.8) is 0 Å². The first kappa shape index (κ1) is 10.1. The molecule has 1 heterocycles. The minimum absolute atomic E-state index is 0.0862. The largest absolute Gasteiger partial charge is 0.366 e. The van der Waals surface area contributed by atoms with Crippen molar-refractivity contribution in [1.29, 1.82) is 0 Å². The molecule has 0 aromatic heterocycles. The number of hydrogen-bond acceptors (Lipinski definition) is 2. The van der Waals surface area contributed by atoms with Crippen LogP contribution >= 0.6 is 0 Å². The molecule has 1 aromatic carbocycles. The molecular formula is C13H14O2. The summed E-state index contributed by atoms with van der Waals surface area (Å²) in [4.78, 5) is 12.0. The molecule has 0 saturated heterocycles. The molecule has 0 N–H and O–H groups in total. The van der Waals surface area contributed by atoms with Gasteiger partial charge in [0.15, 0.2) is 5.78 Å². The zero-order valence-electron chi connectivity index (χ0n) is 8.77. The second kappa shape index (κ2) is 4.41. The Balaban J connectivity index is 2.12. The van der Waals surface area contributed by atoms with Crippen LogP contribution in [0.25, 0.3) is 0 Å². The van der Waals surface area contributed by atoms with Crippen molar-refractivity contribution in [2.24, 2.45) is 0 Å². The highest BCUT2D eigenvalue weighted by atomic mass is 16.5. The van der Waals surface area contributed by atoms with Gasteiger partial charge in [0, 0.05) is 12.0 Å². The lowest BCUT2D eigenvalue weighted by atomic mass is 9.99. The van der Waals surface area contributed by atoms with E-state index in [0.717, 1.165) is 5.56 Å². The van der Waals surface area contributed by atoms with Crippen LogP contribution in [-0.4, -0.2) is 18.5 Å². The zero-order chi connectivity index (χ0) is 10.7. The van der Waals surface area contributed by atoms with Crippen LogP contribution < -0.4 is 0 Å². The number of Topliss-reactive ketones (excluding diaryl/α,β-unsaturated/α-hetero) is 1. The smallest absolute Gasteiger partial charge is 0.191 e. The van der Waals surface area contributed by atoms with Gasteiger partial charge in [-0.15, -0.1) is 0 Å². The maximum atomic E-state index is 12.0. The van der Waals surface area contributed by atoms with Gasteiger partial charge in [0.2, 0.25) is 0 Å². The molecule has 0 aliphatic carbocycles. The summed E-state index contributed by atoms with van der Waals surface area (Å²) in [5, 5.41) is 0. The minimum atomic E-state index is -0.294. The fraction of sp³-hybridized carbons (Fsp3) is 0.308. The normalized spacial score (nSPS) is 20.9. The molecule has 2 rings (SSSR count). The highest BCUT2D eigenvalue weighted by Crippen LogP contribution is 2.17. The van der Waals surface area contributed by atoms with E-state index in [4.69, 9.17) is 4.74 Å². The van der Waals surface area contributed by atoms with Crippen molar-refractivity contribution >= 4 is 5.78 Å². The van der Waals surface area contributed by atoms with Gasteiger partial charge in [-0.05, 0) is 6.92 Å². The van der Waals surface area contributed by atoms with Gasteiger partial charge < -0.3 is 4.74 Å². The average molecular weight is 202 g/mol. The van der Waals surface area contributed by atoms with Crippen LogP contribution in [0.4, 0.5) is 0 Å². The summed E-state index contributed by atoms with van der Waals surface area (Å²) in [5.41, 5.74) is 1.97. The quantitative estimate of drug-likeness (QED) is 0.544. The third-order valence-corrected chi connectivity index (χ3v) is 2.59. The van der Waals surface area contributed by atoms with Crippen LogP contribution in [0.2, 0.25) is 0 Å². The standard InChI is InChI=1S/C13H14O2/c1-10-7-8-15-12(9-10)13(14)11-5-3-2-4-6-11/h2-7,12H,8-9H2,1H3. The van der Waals surface area contributed by atoms with Crippen LogP contribution in [-0.2, 0) is 4.74 Å². The van der Waals surface area contributed by atoms with E-state index < -0.39 is 0 Å². The van der Waals surface area contributed by atoms with Crippen LogP contribution in [0.1, 0.15) is 23.7 Å². The minimum Gasteiger partial charge on any atom is -0.366 e. The Morgan fingerprint density at radius 2 is 2.07 bits per heavy atom. The Hall–Kier alpha value is -1.41. The van der Waals surface area contributed by atoms with Gasteiger partial charge in [-0.1, -0.05) is 42.0 Å². The molecule has 2 heteroatoms. The molecule has 1 unspecified atom stereocenters. The molecule has 0 saturated carbocycles. The maximum Gasteiger partial charge on any atom is 0.191 e. The van der Waals surface area contributed by atoms with Gasteiger partial charge in [0.05, 0.1) is 6.61 Å². The van der Waals surface area contributed by atoms with Crippen molar-refractivity contribution in [1.82, 2.24) is 0 Å². The second-order valence-corrected chi connectivity index (χ2v) is 3.81. The number of carbonyl (C=O) groups is 1. The van der Waals surface area contributed by atoms with E-state index >= 15 is 0 Å². The van der Waals surface area contributed by atoms with Crippen molar-refractivity contribution < 1.29 is 9.53 Å². The number of hydrogen-bond donors (Lipinski definition) is 0. The number of carbonyl (C=O) groups excluding carboxylic acids is 1. The van der Waals surface area contributed by atoms with E-state index in [1.165, 1.54) is 5.57 Å². The number of ketones is 1. The van der Waals surface area contributed by atoms with E-state index in [1.807, 2.05) is 43.3 Å². The van der Waals surface area contributed by atoms with E-state index in [0.29, 0.717) is 13.0 Å². The Morgan fingerprint density at radius 1 is 1.33 bits per heavy atom. The predicted molar refractivity (Wildman–Crippen MR) is 58.9 cm³/mol. The van der Waals surface area contributed by atoms with Gasteiger partial charge in [0.1, 0.15) is 6.10 Å². The van der Waals surface area contributed by atoms with Crippen LogP contribution in [0.5, 0.6) is 0 Å². The molecule has 78 valence electrons.